The molecule has 0 bridgehead atoms. The van der Waals surface area contributed by atoms with Crippen molar-refractivity contribution in [3.8, 4) is 0 Å². The van der Waals surface area contributed by atoms with E-state index in [4.69, 9.17) is 4.79 Å². The van der Waals surface area contributed by atoms with Gasteiger partial charge in [0.2, 0.25) is 5.91 Å². The predicted molar refractivity (Wildman–Crippen MR) is 59.7 cm³/mol. The van der Waals surface area contributed by atoms with E-state index in [9.17, 15) is 4.79 Å². The van der Waals surface area contributed by atoms with Gasteiger partial charge in [0, 0.05) is 51.1 Å². The molecule has 1 aromatic rings. The molecule has 83 valence electrons. The van der Waals surface area contributed by atoms with Crippen LogP contribution in [0.3, 0.4) is 0 Å². The Morgan fingerprint density at radius 3 is 2.69 bits per heavy atom. The van der Waals surface area contributed by atoms with Gasteiger partial charge in [-0.15, -0.1) is 0 Å². The summed E-state index contributed by atoms with van der Waals surface area (Å²) in [4.78, 5) is 19.7. The molecule has 5 heteroatoms. The number of amides is 1. The molecule has 0 aliphatic carbocycles. The van der Waals surface area contributed by atoms with Crippen molar-refractivity contribution in [2.24, 2.45) is 0 Å². The molecule has 1 radical (unpaired) electrons. The molecule has 0 aromatic heterocycles. The van der Waals surface area contributed by atoms with Crippen LogP contribution in [0.25, 0.3) is 0 Å². The van der Waals surface area contributed by atoms with Crippen molar-refractivity contribution in [1.82, 2.24) is 0 Å². The van der Waals surface area contributed by atoms with Gasteiger partial charge in [0.05, 0.1) is 6.42 Å². The molecule has 1 aliphatic rings. The maximum atomic E-state index is 11.0. The molecule has 2 rings (SSSR count). The van der Waals surface area contributed by atoms with Crippen LogP contribution >= 0.6 is 0 Å². The molecule has 0 unspecified atom stereocenters. The summed E-state index contributed by atoms with van der Waals surface area (Å²) in [6.45, 7) is 2.81. The van der Waals surface area contributed by atoms with Crippen molar-refractivity contribution in [2.75, 3.05) is 17.7 Å². The third-order valence-corrected chi connectivity index (χ3v) is 2.02. The number of nitrogens with one attached hydrogen (secondary N) is 2. The Kier molecular flexibility index (Phi) is 7.01. The Balaban J connectivity index is 0.000000511. The summed E-state index contributed by atoms with van der Waals surface area (Å²) in [5.74, 6) is 0.0817. The third kappa shape index (κ3) is 3.95. The first-order valence-electron chi connectivity index (χ1n) is 4.54. The van der Waals surface area contributed by atoms with Crippen molar-refractivity contribution < 1.29 is 42.3 Å². The summed E-state index contributed by atoms with van der Waals surface area (Å²) < 4.78 is 0. The van der Waals surface area contributed by atoms with Crippen LogP contribution in [0, 0.1) is 6.92 Å². The van der Waals surface area contributed by atoms with Crippen molar-refractivity contribution >= 4 is 23.6 Å². The molecule has 1 amide bonds. The van der Waals surface area contributed by atoms with Gasteiger partial charge in [0.25, 0.3) is 0 Å². The second-order valence-electron chi connectivity index (χ2n) is 3.01. The molecular weight excluding hydrogens is 281 g/mol. The molecule has 16 heavy (non-hydrogen) atoms. The number of anilines is 2. The van der Waals surface area contributed by atoms with E-state index in [2.05, 4.69) is 17.6 Å². The zero-order valence-corrected chi connectivity index (χ0v) is 12.0. The van der Waals surface area contributed by atoms with Crippen molar-refractivity contribution in [3.05, 3.63) is 30.7 Å². The molecule has 0 fully saturated rings. The SMILES string of the molecule is CNc1ccc2c(c1)CC(=O)N2.[CH2-]C=O.[Y]. The minimum Gasteiger partial charge on any atom is -0.388 e. The molecule has 0 spiro atoms. The van der Waals surface area contributed by atoms with Gasteiger partial charge in [0.15, 0.2) is 0 Å². The third-order valence-electron chi connectivity index (χ3n) is 2.02. The summed E-state index contributed by atoms with van der Waals surface area (Å²) in [6, 6.07) is 5.86. The van der Waals surface area contributed by atoms with Gasteiger partial charge >= 0.3 is 0 Å². The van der Waals surface area contributed by atoms with Crippen LogP contribution in [0.1, 0.15) is 5.56 Å². The molecule has 0 saturated carbocycles. The number of fused-ring (bicyclic) bond motifs is 1. The number of hydrogen-bond donors (Lipinski definition) is 2. The van der Waals surface area contributed by atoms with Crippen LogP contribution in [0.2, 0.25) is 0 Å². The second-order valence-corrected chi connectivity index (χ2v) is 3.01. The monoisotopic (exact) mass is 294 g/mol. The fraction of sp³-hybridized carbons (Fsp3) is 0.182. The van der Waals surface area contributed by atoms with E-state index >= 15 is 0 Å². The average molecular weight is 294 g/mol. The van der Waals surface area contributed by atoms with E-state index in [0.717, 1.165) is 16.9 Å². The van der Waals surface area contributed by atoms with Crippen LogP contribution in [0.15, 0.2) is 18.2 Å². The van der Waals surface area contributed by atoms with E-state index in [1.807, 2.05) is 25.2 Å². The molecule has 4 nitrogen and oxygen atoms in total. The van der Waals surface area contributed by atoms with Gasteiger partial charge in [-0.1, -0.05) is 0 Å². The summed E-state index contributed by atoms with van der Waals surface area (Å²) >= 11 is 0. The smallest absolute Gasteiger partial charge is 0.228 e. The second kappa shape index (κ2) is 7.41. The van der Waals surface area contributed by atoms with Crippen molar-refractivity contribution in [3.63, 3.8) is 0 Å². The largest absolute Gasteiger partial charge is 0.388 e. The molecule has 1 aromatic carbocycles. The normalized spacial score (nSPS) is 11.2. The number of hydrogen-bond acceptors (Lipinski definition) is 3. The number of rotatable bonds is 1. The zero-order valence-electron chi connectivity index (χ0n) is 9.12. The Morgan fingerprint density at radius 2 is 2.12 bits per heavy atom. The summed E-state index contributed by atoms with van der Waals surface area (Å²) in [5, 5.41) is 5.81. The van der Waals surface area contributed by atoms with Gasteiger partial charge in [-0.05, 0) is 30.0 Å². The zero-order chi connectivity index (χ0) is 11.3. The Hall–Kier alpha value is -0.866. The molecule has 0 saturated heterocycles. The molecule has 2 N–H and O–H groups in total. The fourth-order valence-corrected chi connectivity index (χ4v) is 1.38. The van der Waals surface area contributed by atoms with Gasteiger partial charge in [-0.25, -0.2) is 0 Å². The summed E-state index contributed by atoms with van der Waals surface area (Å²) in [5.41, 5.74) is 3.07. The van der Waals surface area contributed by atoms with Gasteiger partial charge < -0.3 is 22.4 Å². The average Bonchev–Trinajstić information content (AvgIpc) is 2.57. The van der Waals surface area contributed by atoms with E-state index in [0.29, 0.717) is 12.7 Å². The van der Waals surface area contributed by atoms with E-state index < -0.39 is 0 Å². The van der Waals surface area contributed by atoms with Crippen molar-refractivity contribution in [1.29, 1.82) is 0 Å². The quantitative estimate of drug-likeness (QED) is 0.605. The van der Waals surface area contributed by atoms with Crippen molar-refractivity contribution in [2.45, 2.75) is 6.42 Å². The first kappa shape index (κ1) is 15.1. The maximum absolute atomic E-state index is 11.0. The number of carbonyl (C=O) groups excluding carboxylic acids is 2. The summed E-state index contributed by atoms with van der Waals surface area (Å²) in [7, 11) is 1.87. The molecule has 0 atom stereocenters. The molecular formula is C11H13N2O2Y-. The van der Waals surface area contributed by atoms with Gasteiger partial charge in [0.1, 0.15) is 0 Å². The fourth-order valence-electron chi connectivity index (χ4n) is 1.38. The number of benzene rings is 1. The number of carbonyl (C=O) groups is 2. The van der Waals surface area contributed by atoms with Crippen LogP contribution < -0.4 is 10.6 Å². The van der Waals surface area contributed by atoms with E-state index in [-0.39, 0.29) is 38.6 Å². The molecule has 1 aliphatic heterocycles. The van der Waals surface area contributed by atoms with Crippen LogP contribution in [-0.2, 0) is 48.7 Å². The molecule has 1 heterocycles. The summed E-state index contributed by atoms with van der Waals surface area (Å²) in [6.07, 6.45) is 1.00. The first-order valence-corrected chi connectivity index (χ1v) is 4.54. The predicted octanol–water partition coefficient (Wildman–Crippen LogP) is 1.24. The maximum Gasteiger partial charge on any atom is 0.228 e. The minimum atomic E-state index is 0. The van der Waals surface area contributed by atoms with Crippen LogP contribution in [-0.4, -0.2) is 19.2 Å². The van der Waals surface area contributed by atoms with Gasteiger partial charge in [-0.2, -0.15) is 0 Å². The van der Waals surface area contributed by atoms with Crippen LogP contribution in [0.4, 0.5) is 11.4 Å². The topological polar surface area (TPSA) is 58.2 Å². The Morgan fingerprint density at radius 1 is 1.50 bits per heavy atom. The standard InChI is InChI=1S/C9H10N2O.C2H3O.Y/c1-10-7-2-3-8-6(4-7)5-9(12)11-8;1-2-3;/h2-4,10H,5H2,1H3,(H,11,12);2H,1H2;/q;-1;. The van der Waals surface area contributed by atoms with E-state index in [1.54, 1.807) is 0 Å². The number of aldehydes is 1. The van der Waals surface area contributed by atoms with Crippen LogP contribution in [0.5, 0.6) is 0 Å². The van der Waals surface area contributed by atoms with Gasteiger partial charge in [-0.3, -0.25) is 4.79 Å². The first-order chi connectivity index (χ1) is 7.21. The Labute approximate surface area is 120 Å². The van der Waals surface area contributed by atoms with E-state index in [1.165, 1.54) is 0 Å². The Bertz CT molecular complexity index is 380. The minimum absolute atomic E-state index is 0.